The molecule has 3 aromatic carbocycles. The van der Waals surface area contributed by atoms with Crippen LogP contribution in [0.3, 0.4) is 0 Å². The summed E-state index contributed by atoms with van der Waals surface area (Å²) in [7, 11) is -8.74. The number of sulfonamides is 2. The van der Waals surface area contributed by atoms with Crippen molar-refractivity contribution in [3.63, 3.8) is 0 Å². The highest BCUT2D eigenvalue weighted by Gasteiger charge is 2.50. The van der Waals surface area contributed by atoms with Crippen LogP contribution in [0, 0.1) is 5.82 Å². The molecule has 2 heterocycles. The molecule has 0 bridgehead atoms. The molecule has 0 spiro atoms. The number of pyridine rings is 1. The van der Waals surface area contributed by atoms with Crippen LogP contribution in [-0.4, -0.2) is 67.7 Å². The smallest absolute Gasteiger partial charge is 0.258 e. The van der Waals surface area contributed by atoms with E-state index in [9.17, 15) is 26.0 Å². The van der Waals surface area contributed by atoms with Crippen molar-refractivity contribution in [3.05, 3.63) is 88.4 Å². The van der Waals surface area contributed by atoms with Gasteiger partial charge in [-0.25, -0.2) is 21.2 Å². The molecule has 0 unspecified atom stereocenters. The Hall–Kier alpha value is -4.21. The Morgan fingerprint density at radius 2 is 1.47 bits per heavy atom. The zero-order valence-electron chi connectivity index (χ0n) is 31.9. The van der Waals surface area contributed by atoms with Crippen LogP contribution in [0.4, 0.5) is 10.1 Å². The van der Waals surface area contributed by atoms with Gasteiger partial charge in [-0.1, -0.05) is 53.7 Å². The maximum Gasteiger partial charge on any atom is 0.258 e. The van der Waals surface area contributed by atoms with Crippen LogP contribution in [-0.2, 0) is 39.6 Å². The number of hydrogen-bond acceptors (Lipinski definition) is 9. The Kier molecular flexibility index (Phi) is 11.2. The zero-order chi connectivity index (χ0) is 39.2. The lowest BCUT2D eigenvalue weighted by atomic mass is 9.99. The first-order valence-electron chi connectivity index (χ1n) is 17.4. The predicted octanol–water partition coefficient (Wildman–Crippen LogP) is 7.42. The molecule has 53 heavy (non-hydrogen) atoms. The van der Waals surface area contributed by atoms with Crippen molar-refractivity contribution in [1.82, 2.24) is 9.88 Å². The van der Waals surface area contributed by atoms with Gasteiger partial charge in [0.05, 0.1) is 38.0 Å². The van der Waals surface area contributed by atoms with Crippen LogP contribution in [0.25, 0.3) is 10.9 Å². The Morgan fingerprint density at radius 1 is 0.868 bits per heavy atom. The molecule has 4 aromatic rings. The number of carbonyl (C=O) groups excluding carboxylic acids is 1. The number of fused-ring (bicyclic) bond motifs is 2. The van der Waals surface area contributed by atoms with E-state index >= 15 is 0 Å². The molecular formula is C38H48FN3O8S2Si. The Bertz CT molecular complexity index is 2210. The van der Waals surface area contributed by atoms with Gasteiger partial charge in [0.15, 0.2) is 0 Å². The quantitative estimate of drug-likeness (QED) is 0.120. The molecule has 15 heteroatoms. The molecule has 1 aromatic heterocycles. The first-order valence-corrected chi connectivity index (χ1v) is 23.2. The minimum absolute atomic E-state index is 0.0536. The number of benzene rings is 3. The number of amides is 1. The molecule has 5 rings (SSSR count). The van der Waals surface area contributed by atoms with Crippen LogP contribution < -0.4 is 17.6 Å². The number of hydrogen-bond donors (Lipinski definition) is 0. The standard InChI is InChI=1S/C38H48FN3O8S2Si/c1-23(2)53(24(3)4,25(5)6)50-37-34-32(22-41(38(34)43)21-28-13-16-30(48-7)19-33(28)49-8)36(42(51(9,44)45)52(10,46)47)31-18-27(20-40-35(31)37)17-26-11-14-29(39)15-12-26/h11-16,18-20,23-25H,17,21-22H2,1-10H3. The van der Waals surface area contributed by atoms with E-state index in [-0.39, 0.29) is 63.2 Å². The molecule has 0 radical (unpaired) electrons. The Labute approximate surface area is 313 Å². The fourth-order valence-corrected chi connectivity index (χ4v) is 16.2. The zero-order valence-corrected chi connectivity index (χ0v) is 34.5. The normalized spacial score (nSPS) is 13.7. The lowest BCUT2D eigenvalue weighted by molar-refractivity contribution is 0.0764. The van der Waals surface area contributed by atoms with Gasteiger partial charge in [-0.2, -0.15) is 3.71 Å². The molecule has 11 nitrogen and oxygen atoms in total. The summed E-state index contributed by atoms with van der Waals surface area (Å²) in [5, 5.41) is 0.199. The number of rotatable bonds is 14. The van der Waals surface area contributed by atoms with Crippen LogP contribution in [0.2, 0.25) is 16.6 Å². The van der Waals surface area contributed by atoms with E-state index in [1.165, 1.54) is 31.3 Å². The van der Waals surface area contributed by atoms with Crippen LogP contribution >= 0.6 is 0 Å². The number of halogens is 1. The number of nitrogens with zero attached hydrogens (tertiary/aromatic N) is 3. The molecule has 0 atom stereocenters. The molecule has 0 saturated heterocycles. The van der Waals surface area contributed by atoms with Gasteiger partial charge in [0.1, 0.15) is 28.6 Å². The van der Waals surface area contributed by atoms with E-state index in [0.717, 1.165) is 18.1 Å². The van der Waals surface area contributed by atoms with Gasteiger partial charge in [0.25, 0.3) is 14.2 Å². The summed E-state index contributed by atoms with van der Waals surface area (Å²) in [4.78, 5) is 21.2. The van der Waals surface area contributed by atoms with Gasteiger partial charge in [-0.15, -0.1) is 0 Å². The maximum absolute atomic E-state index is 14.8. The highest BCUT2D eigenvalue weighted by molar-refractivity contribution is 8.09. The summed E-state index contributed by atoms with van der Waals surface area (Å²) in [6, 6.07) is 12.9. The molecule has 0 fully saturated rings. The van der Waals surface area contributed by atoms with Crippen molar-refractivity contribution in [2.75, 3.05) is 30.4 Å². The third-order valence-corrected chi connectivity index (χ3v) is 19.2. The SMILES string of the molecule is COc1ccc(CN2Cc3c(c(O[Si](C(C)C)(C(C)C)C(C)C)c4ncc(Cc5ccc(F)cc5)cc4c3N(S(C)(=O)=O)S(C)(=O)=O)C2=O)c(OC)c1. The minimum atomic E-state index is -4.49. The van der Waals surface area contributed by atoms with Gasteiger partial charge < -0.3 is 18.8 Å². The summed E-state index contributed by atoms with van der Waals surface area (Å²) < 4.78 is 86.6. The molecule has 0 aliphatic carbocycles. The van der Waals surface area contributed by atoms with Gasteiger partial charge in [-0.3, -0.25) is 9.78 Å². The second-order valence-electron chi connectivity index (χ2n) is 14.6. The lowest BCUT2D eigenvalue weighted by Crippen LogP contribution is -2.51. The van der Waals surface area contributed by atoms with E-state index in [2.05, 4.69) is 41.5 Å². The second kappa shape index (κ2) is 14.9. The van der Waals surface area contributed by atoms with Gasteiger partial charge in [0, 0.05) is 41.9 Å². The number of aromatic nitrogens is 1. The third kappa shape index (κ3) is 7.60. The summed E-state index contributed by atoms with van der Waals surface area (Å²) in [6.07, 6.45) is 3.52. The average Bonchev–Trinajstić information content (AvgIpc) is 3.39. The Balaban J connectivity index is 1.88. The molecule has 0 saturated carbocycles. The largest absolute Gasteiger partial charge is 0.541 e. The molecular weight excluding hydrogens is 738 g/mol. The van der Waals surface area contributed by atoms with E-state index in [4.69, 9.17) is 18.9 Å². The van der Waals surface area contributed by atoms with Crippen molar-refractivity contribution in [2.45, 2.75) is 77.7 Å². The summed E-state index contributed by atoms with van der Waals surface area (Å²) >= 11 is 0. The van der Waals surface area contributed by atoms with Crippen LogP contribution in [0.5, 0.6) is 17.2 Å². The van der Waals surface area contributed by atoms with E-state index < -0.39 is 40.1 Å². The number of anilines is 1. The average molecular weight is 786 g/mol. The van der Waals surface area contributed by atoms with Crippen LogP contribution in [0.15, 0.2) is 54.7 Å². The van der Waals surface area contributed by atoms with Gasteiger partial charge >= 0.3 is 0 Å². The second-order valence-corrected chi connectivity index (χ2v) is 23.8. The molecule has 0 N–H and O–H groups in total. The van der Waals surface area contributed by atoms with Crippen molar-refractivity contribution in [3.8, 4) is 17.2 Å². The predicted molar refractivity (Wildman–Crippen MR) is 208 cm³/mol. The molecule has 286 valence electrons. The van der Waals surface area contributed by atoms with Crippen molar-refractivity contribution in [2.24, 2.45) is 0 Å². The summed E-state index contributed by atoms with van der Waals surface area (Å²) in [6.45, 7) is 12.6. The monoisotopic (exact) mass is 785 g/mol. The van der Waals surface area contributed by atoms with Crippen LogP contribution in [0.1, 0.15) is 74.2 Å². The van der Waals surface area contributed by atoms with E-state index in [1.54, 1.807) is 42.6 Å². The highest BCUT2D eigenvalue weighted by atomic mass is 32.3. The topological polar surface area (TPSA) is 132 Å². The molecule has 1 aliphatic rings. The number of ether oxygens (including phenoxy) is 2. The number of carbonyl (C=O) groups is 1. The van der Waals surface area contributed by atoms with E-state index in [0.29, 0.717) is 32.8 Å². The molecule has 1 amide bonds. The summed E-state index contributed by atoms with van der Waals surface area (Å²) in [5.74, 6) is 0.390. The molecule has 1 aliphatic heterocycles. The van der Waals surface area contributed by atoms with Crippen molar-refractivity contribution < 1.29 is 39.9 Å². The minimum Gasteiger partial charge on any atom is -0.541 e. The van der Waals surface area contributed by atoms with Crippen molar-refractivity contribution in [1.29, 1.82) is 0 Å². The number of methoxy groups -OCH3 is 2. The fourth-order valence-electron chi connectivity index (χ4n) is 7.87. The third-order valence-electron chi connectivity index (χ3n) is 10.0. The van der Waals surface area contributed by atoms with Crippen molar-refractivity contribution >= 4 is 50.9 Å². The highest BCUT2D eigenvalue weighted by Crippen LogP contribution is 2.51. The van der Waals surface area contributed by atoms with Gasteiger partial charge in [-0.05, 0) is 64.5 Å². The summed E-state index contributed by atoms with van der Waals surface area (Å²) in [5.41, 5.74) is 2.56. The first-order chi connectivity index (χ1) is 24.7. The fraction of sp³-hybridized carbons (Fsp3) is 0.421. The van der Waals surface area contributed by atoms with E-state index in [1.807, 2.05) is 0 Å². The Morgan fingerprint density at radius 3 is 2.00 bits per heavy atom. The maximum atomic E-state index is 14.8. The lowest BCUT2D eigenvalue weighted by Gasteiger charge is -2.42. The van der Waals surface area contributed by atoms with Gasteiger partial charge in [0.2, 0.25) is 20.0 Å². The first kappa shape index (κ1) is 40.0.